The normalized spacial score (nSPS) is 11.0. The highest BCUT2D eigenvalue weighted by atomic mass is 19.3. The molecule has 0 amide bonds. The third-order valence-corrected chi connectivity index (χ3v) is 2.51. The molecule has 0 unspecified atom stereocenters. The smallest absolute Gasteiger partial charge is 0.388 e. The molecule has 5 nitrogen and oxygen atoms in total. The van der Waals surface area contributed by atoms with E-state index >= 15 is 0 Å². The van der Waals surface area contributed by atoms with E-state index in [1.54, 1.807) is 0 Å². The van der Waals surface area contributed by atoms with E-state index in [9.17, 15) is 17.6 Å². The van der Waals surface area contributed by atoms with Gasteiger partial charge in [0.1, 0.15) is 5.69 Å². The van der Waals surface area contributed by atoms with Gasteiger partial charge in [-0.15, -0.1) is 0 Å². The van der Waals surface area contributed by atoms with E-state index in [4.69, 9.17) is 5.11 Å². The lowest BCUT2D eigenvalue weighted by Gasteiger charge is -2.12. The van der Waals surface area contributed by atoms with Gasteiger partial charge in [0.05, 0.1) is 12.3 Å². The van der Waals surface area contributed by atoms with Crippen LogP contribution in [-0.4, -0.2) is 28.3 Å². The van der Waals surface area contributed by atoms with Crippen molar-refractivity contribution in [2.45, 2.75) is 19.8 Å². The lowest BCUT2D eigenvalue weighted by molar-refractivity contribution is -0.0528. The highest BCUT2D eigenvalue weighted by Crippen LogP contribution is 2.31. The molecule has 2 heterocycles. The van der Waals surface area contributed by atoms with Crippen molar-refractivity contribution in [2.75, 3.05) is 0 Å². The Kier molecular flexibility index (Phi) is 5.10. The van der Waals surface area contributed by atoms with Crippen LogP contribution in [0.2, 0.25) is 0 Å². The molecule has 22 heavy (non-hydrogen) atoms. The van der Waals surface area contributed by atoms with Crippen LogP contribution in [0.25, 0.3) is 11.3 Å². The molecule has 0 fully saturated rings. The molecule has 9 heteroatoms. The molecule has 0 atom stereocenters. The summed E-state index contributed by atoms with van der Waals surface area (Å²) in [6.07, 6.45) is 1.16. The average Bonchev–Trinajstić information content (AvgIpc) is 2.46. The number of aliphatic hydroxyl groups excluding tert-OH is 1. The van der Waals surface area contributed by atoms with Crippen molar-refractivity contribution in [3.63, 3.8) is 0 Å². The fourth-order valence-corrected chi connectivity index (χ4v) is 1.69. The molecule has 2 aromatic heterocycles. The number of halogens is 4. The number of ether oxygens (including phenoxy) is 2. The Balaban J connectivity index is 2.44. The van der Waals surface area contributed by atoms with Gasteiger partial charge in [0, 0.05) is 17.8 Å². The van der Waals surface area contributed by atoms with Crippen LogP contribution in [0.1, 0.15) is 5.69 Å². The van der Waals surface area contributed by atoms with Gasteiger partial charge in [-0.1, -0.05) is 0 Å². The fraction of sp³-hybridized carbons (Fsp3) is 0.231. The van der Waals surface area contributed by atoms with Crippen LogP contribution in [-0.2, 0) is 6.61 Å². The van der Waals surface area contributed by atoms with Crippen LogP contribution in [0.5, 0.6) is 11.6 Å². The number of hydrogen-bond donors (Lipinski definition) is 1. The van der Waals surface area contributed by atoms with Gasteiger partial charge >= 0.3 is 13.2 Å². The molecule has 1 N–H and O–H groups in total. The number of rotatable bonds is 6. The number of nitrogens with zero attached hydrogens (tertiary/aromatic N) is 2. The SMILES string of the molecule is OCc1ccc(OC(F)F)c(-c2ccnc(OC(F)F)c2)n1. The van der Waals surface area contributed by atoms with E-state index < -0.39 is 25.7 Å². The molecular formula is C13H10F4N2O3. The van der Waals surface area contributed by atoms with Crippen molar-refractivity contribution >= 4 is 0 Å². The average molecular weight is 318 g/mol. The van der Waals surface area contributed by atoms with Crippen LogP contribution in [0.4, 0.5) is 17.6 Å². The van der Waals surface area contributed by atoms with Crippen molar-refractivity contribution in [1.29, 1.82) is 0 Å². The van der Waals surface area contributed by atoms with Crippen molar-refractivity contribution in [1.82, 2.24) is 9.97 Å². The summed E-state index contributed by atoms with van der Waals surface area (Å²) in [7, 11) is 0. The molecule has 118 valence electrons. The van der Waals surface area contributed by atoms with Gasteiger partial charge < -0.3 is 14.6 Å². The van der Waals surface area contributed by atoms with Crippen molar-refractivity contribution in [2.24, 2.45) is 0 Å². The highest BCUT2D eigenvalue weighted by Gasteiger charge is 2.15. The Hall–Kier alpha value is -2.42. The number of aliphatic hydroxyl groups is 1. The summed E-state index contributed by atoms with van der Waals surface area (Å²) in [4.78, 5) is 7.53. The molecule has 0 bridgehead atoms. The van der Waals surface area contributed by atoms with E-state index in [1.807, 2.05) is 0 Å². The number of alkyl halides is 4. The summed E-state index contributed by atoms with van der Waals surface area (Å²) in [5.41, 5.74) is 0.328. The zero-order valence-electron chi connectivity index (χ0n) is 10.9. The van der Waals surface area contributed by atoms with E-state index in [2.05, 4.69) is 19.4 Å². The minimum absolute atomic E-state index is 0.0478. The zero-order valence-corrected chi connectivity index (χ0v) is 10.9. The first kappa shape index (κ1) is 16.0. The minimum atomic E-state index is -3.08. The molecule has 2 aromatic rings. The zero-order chi connectivity index (χ0) is 16.1. The summed E-state index contributed by atoms with van der Waals surface area (Å²) in [6, 6.07) is 4.97. The Morgan fingerprint density at radius 2 is 1.77 bits per heavy atom. The number of pyridine rings is 2. The van der Waals surface area contributed by atoms with Crippen molar-refractivity contribution < 1.29 is 32.1 Å². The fourth-order valence-electron chi connectivity index (χ4n) is 1.69. The number of hydrogen-bond acceptors (Lipinski definition) is 5. The van der Waals surface area contributed by atoms with Crippen LogP contribution >= 0.6 is 0 Å². The van der Waals surface area contributed by atoms with Crippen molar-refractivity contribution in [3.8, 4) is 22.9 Å². The molecular weight excluding hydrogens is 308 g/mol. The van der Waals surface area contributed by atoms with E-state index in [0.717, 1.165) is 12.3 Å². The molecule has 0 spiro atoms. The maximum Gasteiger partial charge on any atom is 0.388 e. The van der Waals surface area contributed by atoms with Crippen LogP contribution < -0.4 is 9.47 Å². The molecule has 0 radical (unpaired) electrons. The van der Waals surface area contributed by atoms with Gasteiger partial charge in [-0.05, 0) is 18.2 Å². The predicted molar refractivity (Wildman–Crippen MR) is 66.7 cm³/mol. The second kappa shape index (κ2) is 7.03. The third kappa shape index (κ3) is 4.04. The number of aromatic nitrogens is 2. The van der Waals surface area contributed by atoms with E-state index in [1.165, 1.54) is 18.2 Å². The largest absolute Gasteiger partial charge is 0.432 e. The Labute approximate surface area is 122 Å². The van der Waals surface area contributed by atoms with E-state index in [0.29, 0.717) is 0 Å². The lowest BCUT2D eigenvalue weighted by Crippen LogP contribution is -2.06. The van der Waals surface area contributed by atoms with Gasteiger partial charge in [0.15, 0.2) is 5.75 Å². The quantitative estimate of drug-likeness (QED) is 0.830. The summed E-state index contributed by atoms with van der Waals surface area (Å²) in [5.74, 6) is -0.659. The molecule has 0 aliphatic rings. The molecule has 0 aliphatic heterocycles. The molecule has 0 aliphatic carbocycles. The molecule has 0 saturated carbocycles. The summed E-state index contributed by atoms with van der Waals surface area (Å²) < 4.78 is 57.7. The van der Waals surface area contributed by atoms with E-state index in [-0.39, 0.29) is 22.7 Å². The second-order valence-corrected chi connectivity index (χ2v) is 3.95. The minimum Gasteiger partial charge on any atom is -0.432 e. The van der Waals surface area contributed by atoms with Gasteiger partial charge in [0.25, 0.3) is 0 Å². The standard InChI is InChI=1S/C13H10F4N2O3/c14-12(15)21-9-2-1-8(6-20)19-11(9)7-3-4-18-10(5-7)22-13(16)17/h1-5,12-13,20H,6H2. The summed E-state index contributed by atoms with van der Waals surface area (Å²) in [6.45, 7) is -6.58. The maximum absolute atomic E-state index is 12.4. The van der Waals surface area contributed by atoms with Gasteiger partial charge in [-0.25, -0.2) is 9.97 Å². The lowest BCUT2D eigenvalue weighted by atomic mass is 10.1. The maximum atomic E-state index is 12.4. The second-order valence-electron chi connectivity index (χ2n) is 3.95. The Morgan fingerprint density at radius 1 is 1.05 bits per heavy atom. The highest BCUT2D eigenvalue weighted by molar-refractivity contribution is 5.67. The summed E-state index contributed by atoms with van der Waals surface area (Å²) in [5, 5.41) is 9.07. The predicted octanol–water partition coefficient (Wildman–Crippen LogP) is 2.84. The van der Waals surface area contributed by atoms with Crippen LogP contribution in [0.3, 0.4) is 0 Å². The first-order valence-electron chi connectivity index (χ1n) is 5.96. The van der Waals surface area contributed by atoms with Gasteiger partial charge in [-0.3, -0.25) is 0 Å². The first-order valence-corrected chi connectivity index (χ1v) is 5.96. The third-order valence-electron chi connectivity index (χ3n) is 2.51. The van der Waals surface area contributed by atoms with Crippen molar-refractivity contribution in [3.05, 3.63) is 36.2 Å². The Bertz CT molecular complexity index is 640. The molecule has 0 aromatic carbocycles. The first-order chi connectivity index (χ1) is 10.5. The summed E-state index contributed by atoms with van der Waals surface area (Å²) >= 11 is 0. The monoisotopic (exact) mass is 318 g/mol. The molecule has 2 rings (SSSR count). The van der Waals surface area contributed by atoms with Crippen LogP contribution in [0.15, 0.2) is 30.5 Å². The van der Waals surface area contributed by atoms with Gasteiger partial charge in [0.2, 0.25) is 5.88 Å². The Morgan fingerprint density at radius 3 is 2.41 bits per heavy atom. The van der Waals surface area contributed by atoms with Gasteiger partial charge in [-0.2, -0.15) is 17.6 Å². The van der Waals surface area contributed by atoms with Crippen LogP contribution in [0, 0.1) is 0 Å². The topological polar surface area (TPSA) is 64.5 Å². The molecule has 0 saturated heterocycles.